The summed E-state index contributed by atoms with van der Waals surface area (Å²) >= 11 is 0. The first-order valence-electron chi connectivity index (χ1n) is 9.13. The molecule has 1 amide bonds. The molecule has 0 aliphatic carbocycles. The van der Waals surface area contributed by atoms with Crippen LogP contribution in [-0.4, -0.2) is 11.9 Å². The van der Waals surface area contributed by atoms with E-state index in [2.05, 4.69) is 12.2 Å². The van der Waals surface area contributed by atoms with Crippen LogP contribution < -0.4 is 10.2 Å². The number of anilines is 2. The smallest absolute Gasteiger partial charge is 0.258 e. The SMILES string of the molecule is CC1CC(N(C(=O)c2ccccc2)c2cccc(F)c2)c2ccccc2N1. The van der Waals surface area contributed by atoms with Gasteiger partial charge in [-0.15, -0.1) is 0 Å². The Morgan fingerprint density at radius 2 is 1.74 bits per heavy atom. The minimum atomic E-state index is -0.353. The van der Waals surface area contributed by atoms with Gasteiger partial charge in [0.25, 0.3) is 5.91 Å². The first kappa shape index (κ1) is 17.3. The Bertz CT molecular complexity index is 957. The number of para-hydroxylation sites is 1. The van der Waals surface area contributed by atoms with Gasteiger partial charge < -0.3 is 10.2 Å². The minimum Gasteiger partial charge on any atom is -0.382 e. The lowest BCUT2D eigenvalue weighted by atomic mass is 9.91. The van der Waals surface area contributed by atoms with Crippen LogP contribution in [0.4, 0.5) is 15.8 Å². The number of carbonyl (C=O) groups is 1. The molecule has 3 aromatic carbocycles. The Hall–Kier alpha value is -3.14. The Balaban J connectivity index is 1.85. The van der Waals surface area contributed by atoms with E-state index in [0.717, 1.165) is 17.7 Å². The molecule has 0 saturated carbocycles. The highest BCUT2D eigenvalue weighted by atomic mass is 19.1. The van der Waals surface area contributed by atoms with E-state index >= 15 is 0 Å². The second-order valence-electron chi connectivity index (χ2n) is 6.91. The van der Waals surface area contributed by atoms with Crippen molar-refractivity contribution < 1.29 is 9.18 Å². The van der Waals surface area contributed by atoms with Crippen LogP contribution in [0.25, 0.3) is 0 Å². The molecule has 0 saturated heterocycles. The Kier molecular flexibility index (Phi) is 4.63. The highest BCUT2D eigenvalue weighted by Crippen LogP contribution is 2.39. The number of hydrogen-bond acceptors (Lipinski definition) is 2. The van der Waals surface area contributed by atoms with Crippen LogP contribution in [0, 0.1) is 5.82 Å². The molecule has 0 bridgehead atoms. The van der Waals surface area contributed by atoms with Crippen LogP contribution in [0.1, 0.15) is 35.3 Å². The summed E-state index contributed by atoms with van der Waals surface area (Å²) < 4.78 is 14.0. The van der Waals surface area contributed by atoms with Crippen LogP contribution in [0.5, 0.6) is 0 Å². The van der Waals surface area contributed by atoms with Gasteiger partial charge in [-0.3, -0.25) is 4.79 Å². The fourth-order valence-corrected chi connectivity index (χ4v) is 3.73. The van der Waals surface area contributed by atoms with Crippen LogP contribution in [0.3, 0.4) is 0 Å². The van der Waals surface area contributed by atoms with Gasteiger partial charge in [0.15, 0.2) is 0 Å². The van der Waals surface area contributed by atoms with Crippen molar-refractivity contribution in [2.75, 3.05) is 10.2 Å². The maximum absolute atomic E-state index is 14.0. The molecule has 0 spiro atoms. The summed E-state index contributed by atoms with van der Waals surface area (Å²) in [5.74, 6) is -0.483. The summed E-state index contributed by atoms with van der Waals surface area (Å²) in [5.41, 5.74) is 3.22. The highest BCUT2D eigenvalue weighted by molar-refractivity contribution is 6.06. The summed E-state index contributed by atoms with van der Waals surface area (Å²) in [7, 11) is 0. The first-order chi connectivity index (χ1) is 13.1. The Labute approximate surface area is 158 Å². The molecule has 4 rings (SSSR count). The largest absolute Gasteiger partial charge is 0.382 e. The van der Waals surface area contributed by atoms with Gasteiger partial charge in [-0.05, 0) is 55.3 Å². The zero-order chi connectivity index (χ0) is 18.8. The zero-order valence-corrected chi connectivity index (χ0v) is 15.1. The molecule has 0 fully saturated rings. The lowest BCUT2D eigenvalue weighted by molar-refractivity contribution is 0.0974. The normalized spacial score (nSPS) is 18.3. The molecule has 27 heavy (non-hydrogen) atoms. The number of amides is 1. The fourth-order valence-electron chi connectivity index (χ4n) is 3.73. The molecular weight excluding hydrogens is 339 g/mol. The molecule has 3 nitrogen and oxygen atoms in total. The summed E-state index contributed by atoms with van der Waals surface area (Å²) in [6.07, 6.45) is 0.742. The number of nitrogens with zero attached hydrogens (tertiary/aromatic N) is 1. The molecule has 4 heteroatoms. The number of rotatable bonds is 3. The molecule has 1 aliphatic rings. The van der Waals surface area contributed by atoms with E-state index in [1.807, 2.05) is 42.5 Å². The summed E-state index contributed by atoms with van der Waals surface area (Å²) in [4.78, 5) is 15.2. The Morgan fingerprint density at radius 3 is 2.52 bits per heavy atom. The van der Waals surface area contributed by atoms with Gasteiger partial charge in [0.1, 0.15) is 5.82 Å². The molecule has 2 unspecified atom stereocenters. The highest BCUT2D eigenvalue weighted by Gasteiger charge is 2.33. The number of carbonyl (C=O) groups excluding carboxylic acids is 1. The molecule has 1 N–H and O–H groups in total. The molecule has 1 aliphatic heterocycles. The average molecular weight is 360 g/mol. The van der Waals surface area contributed by atoms with E-state index in [1.54, 1.807) is 29.2 Å². The van der Waals surface area contributed by atoms with Crippen molar-refractivity contribution in [3.8, 4) is 0 Å². The topological polar surface area (TPSA) is 32.3 Å². The average Bonchev–Trinajstić information content (AvgIpc) is 2.69. The van der Waals surface area contributed by atoms with Crippen LogP contribution >= 0.6 is 0 Å². The van der Waals surface area contributed by atoms with E-state index in [9.17, 15) is 9.18 Å². The molecular formula is C23H21FN2O. The number of nitrogens with one attached hydrogen (secondary N) is 1. The molecule has 3 aromatic rings. The van der Waals surface area contributed by atoms with E-state index in [1.165, 1.54) is 12.1 Å². The first-order valence-corrected chi connectivity index (χ1v) is 9.13. The maximum Gasteiger partial charge on any atom is 0.258 e. The van der Waals surface area contributed by atoms with Gasteiger partial charge in [-0.25, -0.2) is 4.39 Å². The van der Waals surface area contributed by atoms with Crippen molar-refractivity contribution in [3.63, 3.8) is 0 Å². The summed E-state index contributed by atoms with van der Waals surface area (Å²) in [6, 6.07) is 23.4. The molecule has 0 radical (unpaired) electrons. The fraction of sp³-hybridized carbons (Fsp3) is 0.174. The van der Waals surface area contributed by atoms with Crippen LogP contribution in [0.15, 0.2) is 78.9 Å². The quantitative estimate of drug-likeness (QED) is 0.676. The van der Waals surface area contributed by atoms with Gasteiger partial charge in [-0.1, -0.05) is 42.5 Å². The molecule has 136 valence electrons. The molecule has 1 heterocycles. The molecule has 2 atom stereocenters. The van der Waals surface area contributed by atoms with Crippen molar-refractivity contribution >= 4 is 17.3 Å². The number of fused-ring (bicyclic) bond motifs is 1. The van der Waals surface area contributed by atoms with Crippen molar-refractivity contribution in [2.24, 2.45) is 0 Å². The van der Waals surface area contributed by atoms with E-state index < -0.39 is 0 Å². The van der Waals surface area contributed by atoms with Gasteiger partial charge >= 0.3 is 0 Å². The van der Waals surface area contributed by atoms with Crippen molar-refractivity contribution in [1.82, 2.24) is 0 Å². The predicted molar refractivity (Wildman–Crippen MR) is 107 cm³/mol. The van der Waals surface area contributed by atoms with Gasteiger partial charge in [0.05, 0.1) is 6.04 Å². The monoisotopic (exact) mass is 360 g/mol. The third-order valence-corrected chi connectivity index (χ3v) is 4.94. The van der Waals surface area contributed by atoms with Crippen molar-refractivity contribution in [1.29, 1.82) is 0 Å². The lowest BCUT2D eigenvalue weighted by Gasteiger charge is -2.39. The van der Waals surface area contributed by atoms with Gasteiger partial charge in [-0.2, -0.15) is 0 Å². The molecule has 0 aromatic heterocycles. The van der Waals surface area contributed by atoms with Crippen molar-refractivity contribution in [2.45, 2.75) is 25.4 Å². The van der Waals surface area contributed by atoms with Gasteiger partial charge in [0.2, 0.25) is 0 Å². The maximum atomic E-state index is 14.0. The number of benzene rings is 3. The minimum absolute atomic E-state index is 0.130. The lowest BCUT2D eigenvalue weighted by Crippen LogP contribution is -2.40. The number of halogens is 1. The number of hydrogen-bond donors (Lipinski definition) is 1. The van der Waals surface area contributed by atoms with Crippen LogP contribution in [-0.2, 0) is 0 Å². The second-order valence-corrected chi connectivity index (χ2v) is 6.91. The second kappa shape index (κ2) is 7.23. The zero-order valence-electron chi connectivity index (χ0n) is 15.1. The van der Waals surface area contributed by atoms with Crippen molar-refractivity contribution in [3.05, 3.63) is 95.8 Å². The third-order valence-electron chi connectivity index (χ3n) is 4.94. The van der Waals surface area contributed by atoms with Crippen LogP contribution in [0.2, 0.25) is 0 Å². The Morgan fingerprint density at radius 1 is 1.00 bits per heavy atom. The van der Waals surface area contributed by atoms with E-state index in [0.29, 0.717) is 11.3 Å². The van der Waals surface area contributed by atoms with E-state index in [-0.39, 0.29) is 23.8 Å². The van der Waals surface area contributed by atoms with E-state index in [4.69, 9.17) is 0 Å². The van der Waals surface area contributed by atoms with Gasteiger partial charge in [0, 0.05) is 23.0 Å². The third kappa shape index (κ3) is 3.43. The summed E-state index contributed by atoms with van der Waals surface area (Å²) in [6.45, 7) is 2.10. The predicted octanol–water partition coefficient (Wildman–Crippen LogP) is 5.42. The summed E-state index contributed by atoms with van der Waals surface area (Å²) in [5, 5.41) is 3.47. The standard InChI is InChI=1S/C23H21FN2O/c1-16-14-22(20-12-5-6-13-21(20)25-16)26(19-11-7-10-18(24)15-19)23(27)17-8-3-2-4-9-17/h2-13,15-16,22,25H,14H2,1H3.